The third-order valence-corrected chi connectivity index (χ3v) is 23.2. The van der Waals surface area contributed by atoms with Crippen LogP contribution in [0.4, 0.5) is 0 Å². The van der Waals surface area contributed by atoms with Gasteiger partial charge in [-0.05, 0) is 49.4 Å². The molecule has 0 rings (SSSR count). The van der Waals surface area contributed by atoms with E-state index in [1.165, 1.54) is 257 Å². The van der Waals surface area contributed by atoms with Gasteiger partial charge in [-0.25, -0.2) is 9.13 Å². The number of carbonyl (C=O) groups excluding carboxylic acids is 4. The van der Waals surface area contributed by atoms with E-state index in [2.05, 4.69) is 55.4 Å². The molecule has 0 aromatic rings. The van der Waals surface area contributed by atoms with E-state index in [9.17, 15) is 43.2 Å². The van der Waals surface area contributed by atoms with Crippen LogP contribution in [-0.4, -0.2) is 96.7 Å². The van der Waals surface area contributed by atoms with Crippen LogP contribution in [0.15, 0.2) is 0 Å². The van der Waals surface area contributed by atoms with Gasteiger partial charge in [-0.2, -0.15) is 0 Å². The topological polar surface area (TPSA) is 237 Å². The van der Waals surface area contributed by atoms with E-state index in [1.807, 2.05) is 0 Å². The molecule has 0 aliphatic carbocycles. The second-order valence-corrected chi connectivity index (χ2v) is 36.0. The number of carbonyl (C=O) groups is 4. The molecule has 0 aliphatic heterocycles. The Balaban J connectivity index is 5.19. The van der Waals surface area contributed by atoms with Crippen molar-refractivity contribution in [1.82, 2.24) is 0 Å². The van der Waals surface area contributed by atoms with Gasteiger partial charge in [0.2, 0.25) is 0 Å². The van der Waals surface area contributed by atoms with Crippen LogP contribution in [0.3, 0.4) is 0 Å². The number of esters is 4. The number of unbranched alkanes of at least 4 members (excludes halogenated alkanes) is 49. The molecule has 3 N–H and O–H groups in total. The summed E-state index contributed by atoms with van der Waals surface area (Å²) in [5.74, 6) is 1.08. The SMILES string of the molecule is CCC(C)CCCCCCCCCCCCCCCCCCCCC(=O)OC[C@H](COP(=O)(O)OC[C@@H](O)COP(=O)(O)OC[C@@H](COC(=O)CCCCCCCCC(C)C)OC(=O)CCCCCCCCCCCCCC(C)C)OC(=O)CCCCCCCCCCCCCCCCCCCCC(C)CC. The van der Waals surface area contributed by atoms with Crippen molar-refractivity contribution in [2.75, 3.05) is 39.6 Å². The lowest BCUT2D eigenvalue weighted by Crippen LogP contribution is -2.30. The smallest absolute Gasteiger partial charge is 0.462 e. The molecule has 636 valence electrons. The molecule has 0 aromatic carbocycles. The Morgan fingerprint density at radius 2 is 0.449 bits per heavy atom. The molecular formula is C88H172O17P2. The molecule has 107 heavy (non-hydrogen) atoms. The highest BCUT2D eigenvalue weighted by atomic mass is 31.2. The molecule has 0 spiro atoms. The number of rotatable bonds is 85. The van der Waals surface area contributed by atoms with Gasteiger partial charge in [-0.1, -0.05) is 409 Å². The Morgan fingerprint density at radius 1 is 0.262 bits per heavy atom. The van der Waals surface area contributed by atoms with Crippen LogP contribution in [0.5, 0.6) is 0 Å². The zero-order valence-electron chi connectivity index (χ0n) is 70.8. The van der Waals surface area contributed by atoms with Crippen molar-refractivity contribution in [2.24, 2.45) is 23.7 Å². The number of hydrogen-bond acceptors (Lipinski definition) is 15. The van der Waals surface area contributed by atoms with Crippen LogP contribution in [0.1, 0.15) is 460 Å². The highest BCUT2D eigenvalue weighted by Gasteiger charge is 2.31. The summed E-state index contributed by atoms with van der Waals surface area (Å²) in [5, 5.41) is 10.7. The van der Waals surface area contributed by atoms with Gasteiger partial charge < -0.3 is 33.8 Å². The summed E-state index contributed by atoms with van der Waals surface area (Å²) in [6.07, 6.45) is 66.9. The number of aliphatic hydroxyl groups excluding tert-OH is 1. The van der Waals surface area contributed by atoms with Crippen molar-refractivity contribution in [2.45, 2.75) is 478 Å². The fourth-order valence-corrected chi connectivity index (χ4v) is 15.2. The molecule has 0 fully saturated rings. The molecular weight excluding hydrogens is 1390 g/mol. The van der Waals surface area contributed by atoms with Gasteiger partial charge in [-0.3, -0.25) is 37.3 Å². The zero-order chi connectivity index (χ0) is 78.8. The highest BCUT2D eigenvalue weighted by molar-refractivity contribution is 7.47. The van der Waals surface area contributed by atoms with E-state index in [1.54, 1.807) is 0 Å². The lowest BCUT2D eigenvalue weighted by molar-refractivity contribution is -0.161. The molecule has 4 unspecified atom stereocenters. The van der Waals surface area contributed by atoms with E-state index in [-0.39, 0.29) is 25.7 Å². The average Bonchev–Trinajstić information content (AvgIpc) is 0.915. The predicted molar refractivity (Wildman–Crippen MR) is 441 cm³/mol. The largest absolute Gasteiger partial charge is 0.472 e. The maximum Gasteiger partial charge on any atom is 0.472 e. The van der Waals surface area contributed by atoms with Crippen LogP contribution >= 0.6 is 15.6 Å². The molecule has 0 bridgehead atoms. The second kappa shape index (κ2) is 76.7. The molecule has 0 aliphatic rings. The minimum atomic E-state index is -4.97. The summed E-state index contributed by atoms with van der Waals surface area (Å²) in [6, 6.07) is 0. The van der Waals surface area contributed by atoms with Gasteiger partial charge in [0.15, 0.2) is 12.2 Å². The Morgan fingerprint density at radius 3 is 0.664 bits per heavy atom. The van der Waals surface area contributed by atoms with Gasteiger partial charge in [0.1, 0.15) is 19.3 Å². The summed E-state index contributed by atoms with van der Waals surface area (Å²) in [7, 11) is -9.93. The van der Waals surface area contributed by atoms with Crippen LogP contribution in [0.2, 0.25) is 0 Å². The molecule has 0 radical (unpaired) electrons. The van der Waals surface area contributed by atoms with Crippen molar-refractivity contribution in [3.63, 3.8) is 0 Å². The van der Waals surface area contributed by atoms with Crippen molar-refractivity contribution in [3.05, 3.63) is 0 Å². The van der Waals surface area contributed by atoms with E-state index in [0.717, 1.165) is 114 Å². The average molecular weight is 1560 g/mol. The summed E-state index contributed by atoms with van der Waals surface area (Å²) < 4.78 is 68.9. The van der Waals surface area contributed by atoms with Crippen LogP contribution in [0, 0.1) is 23.7 Å². The predicted octanol–water partition coefficient (Wildman–Crippen LogP) is 26.7. The zero-order valence-corrected chi connectivity index (χ0v) is 72.6. The van der Waals surface area contributed by atoms with E-state index in [4.69, 9.17) is 37.0 Å². The first-order valence-electron chi connectivity index (χ1n) is 45.3. The first kappa shape index (κ1) is 105. The van der Waals surface area contributed by atoms with Crippen molar-refractivity contribution in [1.29, 1.82) is 0 Å². The molecule has 7 atom stereocenters. The highest BCUT2D eigenvalue weighted by Crippen LogP contribution is 2.45. The summed E-state index contributed by atoms with van der Waals surface area (Å²) >= 11 is 0. The van der Waals surface area contributed by atoms with E-state index < -0.39 is 97.5 Å². The van der Waals surface area contributed by atoms with Crippen molar-refractivity contribution >= 4 is 39.5 Å². The molecule has 0 saturated heterocycles. The van der Waals surface area contributed by atoms with Gasteiger partial charge >= 0.3 is 39.5 Å². The Bertz CT molecular complexity index is 2080. The Hall–Kier alpha value is -1.94. The number of phosphoric ester groups is 2. The van der Waals surface area contributed by atoms with E-state index >= 15 is 0 Å². The lowest BCUT2D eigenvalue weighted by atomic mass is 9.99. The lowest BCUT2D eigenvalue weighted by Gasteiger charge is -2.21. The van der Waals surface area contributed by atoms with Gasteiger partial charge in [0.05, 0.1) is 26.4 Å². The van der Waals surface area contributed by atoms with E-state index in [0.29, 0.717) is 31.6 Å². The molecule has 0 saturated carbocycles. The Kier molecular flexibility index (Phi) is 75.3. The van der Waals surface area contributed by atoms with Gasteiger partial charge in [-0.15, -0.1) is 0 Å². The molecule has 19 heteroatoms. The first-order chi connectivity index (χ1) is 51.7. The third kappa shape index (κ3) is 79.1. The second-order valence-electron chi connectivity index (χ2n) is 33.1. The van der Waals surface area contributed by atoms with Crippen LogP contribution < -0.4 is 0 Å². The fraction of sp³-hybridized carbons (Fsp3) is 0.955. The maximum atomic E-state index is 13.2. The number of phosphoric acid groups is 2. The van der Waals surface area contributed by atoms with Crippen molar-refractivity contribution < 1.29 is 80.2 Å². The number of ether oxygens (including phenoxy) is 4. The minimum absolute atomic E-state index is 0.105. The molecule has 0 amide bonds. The van der Waals surface area contributed by atoms with Crippen molar-refractivity contribution in [3.8, 4) is 0 Å². The summed E-state index contributed by atoms with van der Waals surface area (Å²) in [4.78, 5) is 73.2. The summed E-state index contributed by atoms with van der Waals surface area (Å²) in [5.41, 5.74) is 0. The first-order valence-corrected chi connectivity index (χ1v) is 48.3. The Labute approximate surface area is 658 Å². The number of hydrogen-bond donors (Lipinski definition) is 3. The molecule has 0 aromatic heterocycles. The molecule has 17 nitrogen and oxygen atoms in total. The van der Waals surface area contributed by atoms with Gasteiger partial charge in [0, 0.05) is 25.7 Å². The van der Waals surface area contributed by atoms with Crippen LogP contribution in [-0.2, 0) is 65.4 Å². The fourth-order valence-electron chi connectivity index (χ4n) is 13.6. The van der Waals surface area contributed by atoms with Crippen LogP contribution in [0.25, 0.3) is 0 Å². The third-order valence-electron chi connectivity index (χ3n) is 21.3. The standard InChI is InChI=1S/C88H172O17P2/c1-9-80(7)66-58-50-41-35-29-23-19-15-11-13-17-21-25-31-37-43-52-60-68-85(90)98-74-83(104-87(92)70-62-54-44-38-32-26-22-18-14-12-16-20-24-30-36-42-51-59-67-81(8)10-2)76-102-106(94,95)100-72-82(89)73-101-107(96,97)103-77-84(75-99-86(91)69-61-53-47-46-49-57-65-79(5)6)105-88(93)71-63-55-45-39-33-27-28-34-40-48-56-64-78(3)4/h78-84,89H,9-77H2,1-8H3,(H,94,95)(H,96,97)/t80?,81?,82-,83-,84-/m1/s1. The molecule has 0 heterocycles. The maximum absolute atomic E-state index is 13.2. The summed E-state index contributed by atoms with van der Waals surface area (Å²) in [6.45, 7) is 14.3. The quantitative estimate of drug-likeness (QED) is 0.0222. The minimum Gasteiger partial charge on any atom is -0.462 e. The number of aliphatic hydroxyl groups is 1. The monoisotopic (exact) mass is 1560 g/mol. The van der Waals surface area contributed by atoms with Gasteiger partial charge in [0.25, 0.3) is 0 Å². The normalized spacial score (nSPS) is 14.4.